The van der Waals surface area contributed by atoms with Gasteiger partial charge < -0.3 is 24.8 Å². The summed E-state index contributed by atoms with van der Waals surface area (Å²) >= 11 is 0. The number of nitrogens with one attached hydrogen (secondary N) is 1. The molecule has 0 heterocycles. The van der Waals surface area contributed by atoms with Crippen molar-refractivity contribution in [1.82, 2.24) is 10.2 Å². The molecule has 0 saturated carbocycles. The number of likely N-dealkylation sites (N-methyl/N-ethyl adjacent to an activating group) is 1. The molecule has 0 atom stereocenters. The van der Waals surface area contributed by atoms with Crippen molar-refractivity contribution in [1.29, 1.82) is 5.26 Å². The maximum absolute atomic E-state index is 12.4. The number of ether oxygens (including phenoxy) is 2. The number of phenolic OH excluding ortho intramolecular Hbond substituents is 1. The van der Waals surface area contributed by atoms with Gasteiger partial charge in [-0.1, -0.05) is 6.92 Å². The van der Waals surface area contributed by atoms with Crippen molar-refractivity contribution in [2.75, 3.05) is 26.2 Å². The summed E-state index contributed by atoms with van der Waals surface area (Å²) in [4.78, 5) is 47.2. The van der Waals surface area contributed by atoms with Gasteiger partial charge in [0.1, 0.15) is 18.2 Å². The molecule has 12 heteroatoms. The van der Waals surface area contributed by atoms with Crippen LogP contribution in [0.2, 0.25) is 0 Å². The second-order valence-electron chi connectivity index (χ2n) is 6.20. The summed E-state index contributed by atoms with van der Waals surface area (Å²) in [6.45, 7) is 5.60. The molecular formula is C20H24N4O8. The van der Waals surface area contributed by atoms with Crippen molar-refractivity contribution < 1.29 is 33.9 Å². The number of benzene rings is 1. The summed E-state index contributed by atoms with van der Waals surface area (Å²) in [6, 6.07) is 3.72. The number of carbonyl (C=O) groups excluding carboxylic acids is 3. The molecule has 1 rings (SSSR count). The zero-order chi connectivity index (χ0) is 24.3. The highest BCUT2D eigenvalue weighted by Crippen LogP contribution is 2.38. The Bertz CT molecular complexity index is 948. The molecule has 2 amide bonds. The van der Waals surface area contributed by atoms with Crippen LogP contribution in [0.1, 0.15) is 32.8 Å². The normalized spacial score (nSPS) is 10.6. The van der Waals surface area contributed by atoms with Crippen LogP contribution in [0.25, 0.3) is 6.08 Å². The van der Waals surface area contributed by atoms with Crippen molar-refractivity contribution in [3.8, 4) is 17.6 Å². The first-order valence-corrected chi connectivity index (χ1v) is 9.72. The van der Waals surface area contributed by atoms with Gasteiger partial charge in [-0.05, 0) is 31.6 Å². The van der Waals surface area contributed by atoms with Gasteiger partial charge in [0.25, 0.3) is 5.91 Å². The third-order valence-corrected chi connectivity index (χ3v) is 4.14. The van der Waals surface area contributed by atoms with Gasteiger partial charge in [0.05, 0.1) is 11.5 Å². The lowest BCUT2D eigenvalue weighted by Crippen LogP contribution is -2.31. The van der Waals surface area contributed by atoms with Crippen molar-refractivity contribution in [3.63, 3.8) is 0 Å². The number of hydrogen-bond acceptors (Lipinski definition) is 9. The van der Waals surface area contributed by atoms with Crippen LogP contribution in [-0.4, -0.2) is 59.1 Å². The highest BCUT2D eigenvalue weighted by Gasteiger charge is 2.23. The monoisotopic (exact) mass is 448 g/mol. The van der Waals surface area contributed by atoms with Gasteiger partial charge in [0.2, 0.25) is 11.7 Å². The smallest absolute Gasteiger partial charge is 0.499 e. The number of nitrogens with zero attached hydrogens (tertiary/aromatic N) is 3. The summed E-state index contributed by atoms with van der Waals surface area (Å²) in [5.74, 6) is -2.36. The molecule has 1 aromatic rings. The first-order chi connectivity index (χ1) is 15.2. The number of amides is 2. The van der Waals surface area contributed by atoms with Crippen LogP contribution in [0.5, 0.6) is 11.5 Å². The van der Waals surface area contributed by atoms with E-state index >= 15 is 0 Å². The molecule has 0 aliphatic carbocycles. The molecular weight excluding hydrogens is 424 g/mol. The van der Waals surface area contributed by atoms with Crippen molar-refractivity contribution >= 4 is 29.7 Å². The molecule has 0 fully saturated rings. The fraction of sp³-hybridized carbons (Fsp3) is 0.400. The van der Waals surface area contributed by atoms with Gasteiger partial charge in [-0.25, -0.2) is 4.79 Å². The molecule has 32 heavy (non-hydrogen) atoms. The lowest BCUT2D eigenvalue weighted by molar-refractivity contribution is -0.385. The van der Waals surface area contributed by atoms with Crippen LogP contribution in [0, 0.1) is 21.4 Å². The van der Waals surface area contributed by atoms with Gasteiger partial charge in [0.15, 0.2) is 5.75 Å². The minimum atomic E-state index is -1.28. The standard InChI is InChI=1S/C20H24N4O8/c1-4-17(25)22-7-8-31-20(28)32-16-11-13(10-15(18(16)26)24(29)30)9-14(12-21)19(27)23(5-2)6-3/h9-11,26H,4-8H2,1-3H3,(H,22,25)/b14-9+. The van der Waals surface area contributed by atoms with Gasteiger partial charge >= 0.3 is 11.8 Å². The van der Waals surface area contributed by atoms with Crippen LogP contribution in [-0.2, 0) is 14.3 Å². The summed E-state index contributed by atoms with van der Waals surface area (Å²) in [6.07, 6.45) is 0.0659. The topological polar surface area (TPSA) is 172 Å². The molecule has 172 valence electrons. The minimum Gasteiger partial charge on any atom is -0.499 e. The van der Waals surface area contributed by atoms with Crippen molar-refractivity contribution in [3.05, 3.63) is 33.4 Å². The fourth-order valence-electron chi connectivity index (χ4n) is 2.47. The van der Waals surface area contributed by atoms with E-state index in [0.717, 1.165) is 18.2 Å². The van der Waals surface area contributed by atoms with Gasteiger partial charge in [-0.15, -0.1) is 0 Å². The van der Waals surface area contributed by atoms with Crippen LogP contribution in [0.3, 0.4) is 0 Å². The Kier molecular flexibility index (Phi) is 10.1. The lowest BCUT2D eigenvalue weighted by Gasteiger charge is -2.17. The first-order valence-electron chi connectivity index (χ1n) is 9.72. The minimum absolute atomic E-state index is 0.0235. The van der Waals surface area contributed by atoms with E-state index in [-0.39, 0.29) is 36.6 Å². The fourth-order valence-corrected chi connectivity index (χ4v) is 2.47. The predicted octanol–water partition coefficient (Wildman–Crippen LogP) is 2.12. The van der Waals surface area contributed by atoms with E-state index in [0.29, 0.717) is 13.1 Å². The molecule has 0 radical (unpaired) electrons. The number of nitriles is 1. The van der Waals surface area contributed by atoms with E-state index in [1.165, 1.54) is 4.90 Å². The number of carbonyl (C=O) groups is 3. The van der Waals surface area contributed by atoms with Crippen LogP contribution >= 0.6 is 0 Å². The molecule has 2 N–H and O–H groups in total. The Balaban J connectivity index is 3.15. The highest BCUT2D eigenvalue weighted by molar-refractivity contribution is 6.01. The summed E-state index contributed by atoms with van der Waals surface area (Å²) in [5.41, 5.74) is -1.12. The quantitative estimate of drug-likeness (QED) is 0.103. The number of aromatic hydroxyl groups is 1. The second kappa shape index (κ2) is 12.5. The SMILES string of the molecule is CCC(=O)NCCOC(=O)Oc1cc(/C=C(\C#N)C(=O)N(CC)CC)cc([N+](=O)[O-])c1O. The zero-order valence-corrected chi connectivity index (χ0v) is 17.9. The molecule has 0 bridgehead atoms. The number of rotatable bonds is 10. The van der Waals surface area contributed by atoms with Crippen molar-refractivity contribution in [2.45, 2.75) is 27.2 Å². The van der Waals surface area contributed by atoms with E-state index in [1.807, 2.05) is 0 Å². The maximum Gasteiger partial charge on any atom is 0.514 e. The Labute approximate surface area is 184 Å². The largest absolute Gasteiger partial charge is 0.514 e. The van der Waals surface area contributed by atoms with E-state index in [4.69, 9.17) is 9.47 Å². The summed E-state index contributed by atoms with van der Waals surface area (Å²) in [5, 5.41) is 33.2. The third kappa shape index (κ3) is 7.28. The average Bonchev–Trinajstić information content (AvgIpc) is 2.77. The predicted molar refractivity (Wildman–Crippen MR) is 112 cm³/mol. The molecule has 0 aromatic heterocycles. The Morgan fingerprint density at radius 1 is 1.28 bits per heavy atom. The molecule has 0 saturated heterocycles. The van der Waals surface area contributed by atoms with Crippen molar-refractivity contribution in [2.24, 2.45) is 0 Å². The first kappa shape index (κ1) is 25.9. The van der Waals surface area contributed by atoms with E-state index in [9.17, 15) is 34.9 Å². The molecule has 0 unspecified atom stereocenters. The lowest BCUT2D eigenvalue weighted by atomic mass is 10.1. The van der Waals surface area contributed by atoms with Gasteiger partial charge in [0, 0.05) is 25.6 Å². The number of phenols is 1. The molecule has 1 aromatic carbocycles. The molecule has 0 aliphatic heterocycles. The van der Waals surface area contributed by atoms with E-state index < -0.39 is 34.2 Å². The summed E-state index contributed by atoms with van der Waals surface area (Å²) < 4.78 is 9.59. The second-order valence-corrected chi connectivity index (χ2v) is 6.20. The molecule has 12 nitrogen and oxygen atoms in total. The number of nitro groups is 1. The van der Waals surface area contributed by atoms with Crippen LogP contribution < -0.4 is 10.1 Å². The Hall–Kier alpha value is -4.14. The number of hydrogen-bond donors (Lipinski definition) is 2. The molecule has 0 spiro atoms. The van der Waals surface area contributed by atoms with Gasteiger partial charge in [-0.2, -0.15) is 5.26 Å². The zero-order valence-electron chi connectivity index (χ0n) is 17.9. The Morgan fingerprint density at radius 2 is 1.94 bits per heavy atom. The summed E-state index contributed by atoms with van der Waals surface area (Å²) in [7, 11) is 0. The van der Waals surface area contributed by atoms with Crippen LogP contribution in [0.15, 0.2) is 17.7 Å². The average molecular weight is 448 g/mol. The van der Waals surface area contributed by atoms with E-state index in [1.54, 1.807) is 26.8 Å². The highest BCUT2D eigenvalue weighted by atomic mass is 16.7. The van der Waals surface area contributed by atoms with Gasteiger partial charge in [-0.3, -0.25) is 19.7 Å². The third-order valence-electron chi connectivity index (χ3n) is 4.14. The van der Waals surface area contributed by atoms with E-state index in [2.05, 4.69) is 5.32 Å². The van der Waals surface area contributed by atoms with Crippen LogP contribution in [0.4, 0.5) is 10.5 Å². The number of nitro benzene ring substituents is 1. The maximum atomic E-state index is 12.4. The Morgan fingerprint density at radius 3 is 2.47 bits per heavy atom. The molecule has 0 aliphatic rings.